The van der Waals surface area contributed by atoms with Gasteiger partial charge in [-0.1, -0.05) is 43.3 Å². The minimum atomic E-state index is -0.536. The van der Waals surface area contributed by atoms with E-state index >= 15 is 0 Å². The molecule has 3 nitrogen and oxygen atoms in total. The van der Waals surface area contributed by atoms with E-state index in [1.54, 1.807) is 30.3 Å². The van der Waals surface area contributed by atoms with Crippen LogP contribution in [0.1, 0.15) is 35.7 Å². The van der Waals surface area contributed by atoms with Crippen LogP contribution in [0, 0.1) is 11.8 Å². The zero-order valence-corrected chi connectivity index (χ0v) is 16.7. The first-order valence-corrected chi connectivity index (χ1v) is 9.73. The Hall–Kier alpha value is -3.08. The van der Waals surface area contributed by atoms with Crippen molar-refractivity contribution in [1.29, 1.82) is 0 Å². The third-order valence-corrected chi connectivity index (χ3v) is 4.92. The number of aryl methyl sites for hydroxylation is 1. The Balaban J connectivity index is 1.69. The van der Waals surface area contributed by atoms with E-state index in [-0.39, 0.29) is 18.0 Å². The lowest BCUT2D eigenvalue weighted by molar-refractivity contribution is 0.0982. The van der Waals surface area contributed by atoms with E-state index < -0.39 is 5.95 Å². The third-order valence-electron chi connectivity index (χ3n) is 4.92. The summed E-state index contributed by atoms with van der Waals surface area (Å²) < 4.78 is 28.1. The summed E-state index contributed by atoms with van der Waals surface area (Å²) in [5.41, 5.74) is 3.15. The number of Topliss-reactive ketones (excluding diaryl/α,β-unsaturated/α-hetero) is 1. The van der Waals surface area contributed by atoms with Crippen LogP contribution in [0.2, 0.25) is 0 Å². The average molecular weight is 394 g/mol. The van der Waals surface area contributed by atoms with E-state index in [4.69, 9.17) is 0 Å². The highest BCUT2D eigenvalue weighted by Gasteiger charge is 2.11. The summed E-state index contributed by atoms with van der Waals surface area (Å²) in [7, 11) is 1.87. The van der Waals surface area contributed by atoms with Crippen LogP contribution in [0.4, 0.5) is 14.5 Å². The zero-order chi connectivity index (χ0) is 20.8. The van der Waals surface area contributed by atoms with Gasteiger partial charge in [0.15, 0.2) is 5.78 Å². The Morgan fingerprint density at radius 3 is 2.41 bits per heavy atom. The fourth-order valence-electron chi connectivity index (χ4n) is 3.30. The molecule has 0 aliphatic carbocycles. The van der Waals surface area contributed by atoms with E-state index in [1.165, 1.54) is 12.3 Å². The van der Waals surface area contributed by atoms with Crippen LogP contribution in [0.15, 0.2) is 60.8 Å². The Morgan fingerprint density at radius 1 is 1.03 bits per heavy atom. The molecule has 0 saturated carbocycles. The predicted octanol–water partition coefficient (Wildman–Crippen LogP) is 5.69. The number of hydrogen-bond acceptors (Lipinski definition) is 3. The van der Waals surface area contributed by atoms with Gasteiger partial charge in [0.1, 0.15) is 5.82 Å². The SMILES string of the molecule is CCCN(C)c1ccc(-c2ccc(C(=O)CCc3cccnc3F)cc2)cc1F. The van der Waals surface area contributed by atoms with Crippen molar-refractivity contribution in [2.75, 3.05) is 18.5 Å². The number of ketones is 1. The summed E-state index contributed by atoms with van der Waals surface area (Å²) in [5.74, 6) is -0.870. The van der Waals surface area contributed by atoms with Gasteiger partial charge in [0, 0.05) is 37.3 Å². The molecule has 0 bridgehead atoms. The fraction of sp³-hybridized carbons (Fsp3) is 0.250. The summed E-state index contributed by atoms with van der Waals surface area (Å²) in [5, 5.41) is 0. The third kappa shape index (κ3) is 5.05. The highest BCUT2D eigenvalue weighted by atomic mass is 19.1. The molecule has 0 aliphatic rings. The van der Waals surface area contributed by atoms with Gasteiger partial charge >= 0.3 is 0 Å². The Labute approximate surface area is 170 Å². The summed E-state index contributed by atoms with van der Waals surface area (Å²) in [4.78, 5) is 17.9. The molecule has 1 aromatic heterocycles. The quantitative estimate of drug-likeness (QED) is 0.364. The first-order valence-electron chi connectivity index (χ1n) is 9.73. The maximum atomic E-state index is 14.5. The van der Waals surface area contributed by atoms with E-state index in [9.17, 15) is 13.6 Å². The number of pyridine rings is 1. The molecule has 0 aliphatic heterocycles. The predicted molar refractivity (Wildman–Crippen MR) is 112 cm³/mol. The second-order valence-electron chi connectivity index (χ2n) is 7.04. The lowest BCUT2D eigenvalue weighted by atomic mass is 9.99. The molecule has 29 heavy (non-hydrogen) atoms. The van der Waals surface area contributed by atoms with Gasteiger partial charge in [-0.05, 0) is 42.2 Å². The largest absolute Gasteiger partial charge is 0.372 e. The zero-order valence-electron chi connectivity index (χ0n) is 16.7. The highest BCUT2D eigenvalue weighted by molar-refractivity contribution is 5.96. The highest BCUT2D eigenvalue weighted by Crippen LogP contribution is 2.26. The molecule has 0 spiro atoms. The number of halogens is 2. The summed E-state index contributed by atoms with van der Waals surface area (Å²) in [6.45, 7) is 2.84. The molecular formula is C24H24F2N2O. The average Bonchev–Trinajstić information content (AvgIpc) is 2.73. The van der Waals surface area contributed by atoms with Crippen molar-refractivity contribution in [3.63, 3.8) is 0 Å². The molecule has 0 N–H and O–H groups in total. The first-order chi connectivity index (χ1) is 14.0. The lowest BCUT2D eigenvalue weighted by Crippen LogP contribution is -2.18. The van der Waals surface area contributed by atoms with Crippen LogP contribution in [-0.4, -0.2) is 24.4 Å². The summed E-state index contributed by atoms with van der Waals surface area (Å²) in [6.07, 6.45) is 2.84. The number of carbonyl (C=O) groups is 1. The molecule has 0 atom stereocenters. The number of rotatable bonds is 8. The van der Waals surface area contributed by atoms with Crippen molar-refractivity contribution in [3.05, 3.63) is 83.7 Å². The van der Waals surface area contributed by atoms with Crippen LogP contribution < -0.4 is 4.90 Å². The lowest BCUT2D eigenvalue weighted by Gasteiger charge is -2.19. The number of carbonyl (C=O) groups excluding carboxylic acids is 1. The topological polar surface area (TPSA) is 33.2 Å². The van der Waals surface area contributed by atoms with Crippen molar-refractivity contribution < 1.29 is 13.6 Å². The number of benzene rings is 2. The number of anilines is 1. The minimum Gasteiger partial charge on any atom is -0.372 e. The van der Waals surface area contributed by atoms with E-state index in [2.05, 4.69) is 11.9 Å². The molecule has 150 valence electrons. The van der Waals surface area contributed by atoms with E-state index in [0.717, 1.165) is 24.1 Å². The Kier molecular flexibility index (Phi) is 6.70. The molecule has 0 fully saturated rings. The summed E-state index contributed by atoms with van der Waals surface area (Å²) in [6, 6.07) is 15.5. The number of hydrogen-bond donors (Lipinski definition) is 0. The van der Waals surface area contributed by atoms with E-state index in [0.29, 0.717) is 23.2 Å². The van der Waals surface area contributed by atoms with Crippen molar-refractivity contribution >= 4 is 11.5 Å². The normalized spacial score (nSPS) is 10.8. The fourth-order valence-corrected chi connectivity index (χ4v) is 3.30. The molecule has 0 saturated heterocycles. The van der Waals surface area contributed by atoms with Crippen LogP contribution in [0.3, 0.4) is 0 Å². The molecule has 0 unspecified atom stereocenters. The van der Waals surface area contributed by atoms with E-state index in [1.807, 2.05) is 30.1 Å². The standard InChI is InChI=1S/C24H24F2N2O/c1-3-15-28(2)22-12-10-20(16-21(22)25)17-6-8-18(9-7-17)23(29)13-11-19-5-4-14-27-24(19)26/h4-10,12,14,16H,3,11,13,15H2,1-2H3. The Bertz CT molecular complexity index is 986. The van der Waals surface area contributed by atoms with Crippen molar-refractivity contribution in [2.24, 2.45) is 0 Å². The van der Waals surface area contributed by atoms with Gasteiger partial charge in [-0.3, -0.25) is 4.79 Å². The second kappa shape index (κ2) is 9.41. The van der Waals surface area contributed by atoms with Gasteiger partial charge in [0.2, 0.25) is 5.95 Å². The van der Waals surface area contributed by atoms with Gasteiger partial charge in [-0.15, -0.1) is 0 Å². The molecule has 3 rings (SSSR count). The van der Waals surface area contributed by atoms with Crippen molar-refractivity contribution in [3.8, 4) is 11.1 Å². The molecule has 3 aromatic rings. The minimum absolute atomic E-state index is 0.0671. The number of aromatic nitrogens is 1. The first kappa shape index (κ1) is 20.6. The van der Waals surface area contributed by atoms with Crippen LogP contribution in [-0.2, 0) is 6.42 Å². The molecule has 2 aromatic carbocycles. The smallest absolute Gasteiger partial charge is 0.216 e. The maximum Gasteiger partial charge on any atom is 0.216 e. The maximum absolute atomic E-state index is 14.5. The van der Waals surface area contributed by atoms with Crippen molar-refractivity contribution in [2.45, 2.75) is 26.2 Å². The van der Waals surface area contributed by atoms with Crippen molar-refractivity contribution in [1.82, 2.24) is 4.98 Å². The molecular weight excluding hydrogens is 370 g/mol. The van der Waals surface area contributed by atoms with Gasteiger partial charge in [-0.2, -0.15) is 4.39 Å². The molecule has 0 radical (unpaired) electrons. The van der Waals surface area contributed by atoms with Gasteiger partial charge in [0.05, 0.1) is 5.69 Å². The van der Waals surface area contributed by atoms with Gasteiger partial charge in [0.25, 0.3) is 0 Å². The van der Waals surface area contributed by atoms with Crippen LogP contribution >= 0.6 is 0 Å². The Morgan fingerprint density at radius 2 is 1.76 bits per heavy atom. The molecule has 0 amide bonds. The second-order valence-corrected chi connectivity index (χ2v) is 7.04. The molecule has 5 heteroatoms. The van der Waals surface area contributed by atoms with Gasteiger partial charge in [-0.25, -0.2) is 9.37 Å². The molecule has 1 heterocycles. The summed E-state index contributed by atoms with van der Waals surface area (Å²) >= 11 is 0. The monoisotopic (exact) mass is 394 g/mol. The van der Waals surface area contributed by atoms with Gasteiger partial charge < -0.3 is 4.90 Å². The van der Waals surface area contributed by atoms with Crippen LogP contribution in [0.25, 0.3) is 11.1 Å². The number of nitrogens with zero attached hydrogens (tertiary/aromatic N) is 2. The van der Waals surface area contributed by atoms with Crippen LogP contribution in [0.5, 0.6) is 0 Å².